The van der Waals surface area contributed by atoms with E-state index in [1.165, 1.54) is 18.5 Å². The van der Waals surface area contributed by atoms with Crippen molar-refractivity contribution in [3.8, 4) is 0 Å². The molecule has 0 atom stereocenters. The number of aromatic amines is 1. The largest absolute Gasteiger partial charge is 0.383 e. The molecule has 1 fully saturated rings. The number of nitrogens with one attached hydrogen (secondary N) is 1. The Morgan fingerprint density at radius 1 is 1.56 bits per heavy atom. The average Bonchev–Trinajstić information content (AvgIpc) is 2.74. The molecule has 1 aliphatic heterocycles. The number of piperidine rings is 1. The van der Waals surface area contributed by atoms with E-state index in [1.54, 1.807) is 7.11 Å². The zero-order valence-electron chi connectivity index (χ0n) is 9.78. The van der Waals surface area contributed by atoms with Crippen LogP contribution >= 0.6 is 0 Å². The number of H-pyrrole nitrogens is 1. The van der Waals surface area contributed by atoms with Crippen LogP contribution in [0.4, 0.5) is 5.82 Å². The molecule has 0 bridgehead atoms. The van der Waals surface area contributed by atoms with Gasteiger partial charge >= 0.3 is 0 Å². The quantitative estimate of drug-likeness (QED) is 0.794. The van der Waals surface area contributed by atoms with E-state index in [2.05, 4.69) is 15.1 Å². The monoisotopic (exact) mass is 224 g/mol. The molecule has 5 nitrogen and oxygen atoms in total. The Bertz CT molecular complexity index is 318. The number of aromatic nitrogens is 2. The van der Waals surface area contributed by atoms with Crippen molar-refractivity contribution in [1.29, 1.82) is 0 Å². The number of hydrogen-bond acceptors (Lipinski definition) is 4. The number of likely N-dealkylation sites (tertiary alicyclic amines) is 1. The molecule has 1 saturated heterocycles. The maximum absolute atomic E-state index is 5.61. The summed E-state index contributed by atoms with van der Waals surface area (Å²) in [5, 5.41) is 6.99. The molecule has 0 radical (unpaired) electrons. The average molecular weight is 224 g/mol. The minimum Gasteiger partial charge on any atom is -0.383 e. The van der Waals surface area contributed by atoms with Gasteiger partial charge in [0.1, 0.15) is 5.82 Å². The number of ether oxygens (including phenoxy) is 1. The Kier molecular flexibility index (Phi) is 3.79. The van der Waals surface area contributed by atoms with Gasteiger partial charge in [-0.2, -0.15) is 5.10 Å². The van der Waals surface area contributed by atoms with Crippen molar-refractivity contribution in [2.75, 3.05) is 39.1 Å². The zero-order chi connectivity index (χ0) is 11.4. The molecule has 1 aliphatic rings. The predicted molar refractivity (Wildman–Crippen MR) is 63.3 cm³/mol. The van der Waals surface area contributed by atoms with E-state index in [1.807, 2.05) is 6.07 Å². The smallest absolute Gasteiger partial charge is 0.145 e. The summed E-state index contributed by atoms with van der Waals surface area (Å²) in [6.45, 7) is 4.12. The summed E-state index contributed by atoms with van der Waals surface area (Å²) < 4.78 is 5.09. The molecule has 0 saturated carbocycles. The van der Waals surface area contributed by atoms with E-state index in [4.69, 9.17) is 10.5 Å². The lowest BCUT2D eigenvalue weighted by atomic mass is 9.94. The van der Waals surface area contributed by atoms with E-state index in [9.17, 15) is 0 Å². The number of nitrogen functional groups attached to an aromatic ring is 1. The third kappa shape index (κ3) is 2.74. The number of nitrogens with zero attached hydrogens (tertiary/aromatic N) is 2. The van der Waals surface area contributed by atoms with Crippen molar-refractivity contribution in [3.05, 3.63) is 11.8 Å². The molecule has 0 aromatic carbocycles. The number of methoxy groups -OCH3 is 1. The van der Waals surface area contributed by atoms with Crippen molar-refractivity contribution in [3.63, 3.8) is 0 Å². The second kappa shape index (κ2) is 5.32. The van der Waals surface area contributed by atoms with E-state index < -0.39 is 0 Å². The van der Waals surface area contributed by atoms with Gasteiger partial charge in [-0.25, -0.2) is 0 Å². The minimum atomic E-state index is 0.587. The van der Waals surface area contributed by atoms with Crippen molar-refractivity contribution in [1.82, 2.24) is 15.1 Å². The first kappa shape index (κ1) is 11.4. The van der Waals surface area contributed by atoms with Crippen molar-refractivity contribution < 1.29 is 4.74 Å². The van der Waals surface area contributed by atoms with Crippen molar-refractivity contribution in [2.24, 2.45) is 0 Å². The third-order valence-electron chi connectivity index (χ3n) is 3.26. The molecule has 0 spiro atoms. The van der Waals surface area contributed by atoms with Gasteiger partial charge in [-0.1, -0.05) is 0 Å². The van der Waals surface area contributed by atoms with Crippen molar-refractivity contribution >= 4 is 5.82 Å². The maximum atomic E-state index is 5.61. The Morgan fingerprint density at radius 2 is 2.31 bits per heavy atom. The minimum absolute atomic E-state index is 0.587. The molecule has 1 aromatic rings. The van der Waals surface area contributed by atoms with E-state index in [0.717, 1.165) is 26.2 Å². The number of rotatable bonds is 4. The fraction of sp³-hybridized carbons (Fsp3) is 0.727. The van der Waals surface area contributed by atoms with E-state index >= 15 is 0 Å². The lowest BCUT2D eigenvalue weighted by molar-refractivity contribution is 0.130. The highest BCUT2D eigenvalue weighted by Gasteiger charge is 2.21. The van der Waals surface area contributed by atoms with Crippen LogP contribution in [0.3, 0.4) is 0 Å². The van der Waals surface area contributed by atoms with Crippen LogP contribution in [0.2, 0.25) is 0 Å². The summed E-state index contributed by atoms with van der Waals surface area (Å²) in [6.07, 6.45) is 2.34. The second-order valence-electron chi connectivity index (χ2n) is 4.36. The summed E-state index contributed by atoms with van der Waals surface area (Å²) in [4.78, 5) is 2.44. The predicted octanol–water partition coefficient (Wildman–Crippen LogP) is 0.818. The van der Waals surface area contributed by atoms with Gasteiger partial charge < -0.3 is 15.4 Å². The fourth-order valence-electron chi connectivity index (χ4n) is 2.25. The zero-order valence-corrected chi connectivity index (χ0v) is 9.78. The van der Waals surface area contributed by atoms with Crippen LogP contribution < -0.4 is 5.73 Å². The normalized spacial score (nSPS) is 19.1. The van der Waals surface area contributed by atoms with Crippen LogP contribution in [0, 0.1) is 0 Å². The van der Waals surface area contributed by atoms with Gasteiger partial charge in [-0.05, 0) is 25.9 Å². The molecular weight excluding hydrogens is 204 g/mol. The van der Waals surface area contributed by atoms with Gasteiger partial charge in [0.2, 0.25) is 0 Å². The van der Waals surface area contributed by atoms with Crippen LogP contribution in [0.15, 0.2) is 6.07 Å². The molecule has 5 heteroatoms. The SMILES string of the molecule is COCCN1CCC(c2cc(N)n[nH]2)CC1. The Hall–Kier alpha value is -1.07. The van der Waals surface area contributed by atoms with Gasteiger partial charge in [-0.3, -0.25) is 5.10 Å². The number of hydrogen-bond donors (Lipinski definition) is 2. The first-order chi connectivity index (χ1) is 7.79. The van der Waals surface area contributed by atoms with Gasteiger partial charge in [0.25, 0.3) is 0 Å². The van der Waals surface area contributed by atoms with Gasteiger partial charge in [0.05, 0.1) is 6.61 Å². The van der Waals surface area contributed by atoms with Crippen LogP contribution in [0.25, 0.3) is 0 Å². The second-order valence-corrected chi connectivity index (χ2v) is 4.36. The van der Waals surface area contributed by atoms with Gasteiger partial charge in [0, 0.05) is 31.3 Å². The Labute approximate surface area is 96.0 Å². The summed E-state index contributed by atoms with van der Waals surface area (Å²) in [5.74, 6) is 1.18. The highest BCUT2D eigenvalue weighted by atomic mass is 16.5. The first-order valence-electron chi connectivity index (χ1n) is 5.81. The van der Waals surface area contributed by atoms with Gasteiger partial charge in [0.15, 0.2) is 0 Å². The molecule has 2 heterocycles. The molecule has 0 aliphatic carbocycles. The molecule has 0 amide bonds. The van der Waals surface area contributed by atoms with Crippen LogP contribution in [-0.4, -0.2) is 48.4 Å². The molecule has 0 unspecified atom stereocenters. The summed E-state index contributed by atoms with van der Waals surface area (Å²) in [7, 11) is 1.75. The first-order valence-corrected chi connectivity index (χ1v) is 5.81. The number of anilines is 1. The summed E-state index contributed by atoms with van der Waals surface area (Å²) in [5.41, 5.74) is 6.79. The Balaban J connectivity index is 1.81. The molecule has 2 rings (SSSR count). The van der Waals surface area contributed by atoms with Crippen LogP contribution in [0.5, 0.6) is 0 Å². The summed E-state index contributed by atoms with van der Waals surface area (Å²) in [6, 6.07) is 1.95. The molecule has 90 valence electrons. The molecule has 16 heavy (non-hydrogen) atoms. The lowest BCUT2D eigenvalue weighted by Gasteiger charge is -2.31. The summed E-state index contributed by atoms with van der Waals surface area (Å²) >= 11 is 0. The number of nitrogens with two attached hydrogens (primary N) is 1. The van der Waals surface area contributed by atoms with Crippen molar-refractivity contribution in [2.45, 2.75) is 18.8 Å². The van der Waals surface area contributed by atoms with E-state index in [-0.39, 0.29) is 0 Å². The molecular formula is C11H20N4O. The highest BCUT2D eigenvalue weighted by molar-refractivity contribution is 5.30. The highest BCUT2D eigenvalue weighted by Crippen LogP contribution is 2.27. The Morgan fingerprint density at radius 3 is 2.88 bits per heavy atom. The standard InChI is InChI=1S/C11H20N4O/c1-16-7-6-15-4-2-9(3-5-15)10-8-11(12)14-13-10/h8-9H,2-7H2,1H3,(H3,12,13,14). The van der Waals surface area contributed by atoms with Crippen LogP contribution in [0.1, 0.15) is 24.5 Å². The van der Waals surface area contributed by atoms with E-state index in [0.29, 0.717) is 11.7 Å². The van der Waals surface area contributed by atoms with Gasteiger partial charge in [-0.15, -0.1) is 0 Å². The fourth-order valence-corrected chi connectivity index (χ4v) is 2.25. The molecule has 1 aromatic heterocycles. The lowest BCUT2D eigenvalue weighted by Crippen LogP contribution is -2.35. The third-order valence-corrected chi connectivity index (χ3v) is 3.26. The topological polar surface area (TPSA) is 67.2 Å². The maximum Gasteiger partial charge on any atom is 0.145 e. The molecule has 3 N–H and O–H groups in total. The van der Waals surface area contributed by atoms with Crippen LogP contribution in [-0.2, 0) is 4.74 Å².